The summed E-state index contributed by atoms with van der Waals surface area (Å²) >= 11 is 1.40. The smallest absolute Gasteiger partial charge is 0.336 e. The van der Waals surface area contributed by atoms with Crippen LogP contribution in [-0.4, -0.2) is 11.1 Å². The minimum Gasteiger partial charge on any atom is -0.478 e. The number of aromatic carboxylic acids is 1. The lowest BCUT2D eigenvalue weighted by atomic mass is 10.2. The lowest BCUT2D eigenvalue weighted by Gasteiger charge is -2.03. The maximum Gasteiger partial charge on any atom is 0.336 e. The first-order chi connectivity index (χ1) is 7.68. The zero-order valence-corrected chi connectivity index (χ0v) is 9.45. The number of carbonyl (C=O) groups is 1. The van der Waals surface area contributed by atoms with E-state index in [4.69, 9.17) is 9.52 Å². The average molecular weight is 234 g/mol. The number of carboxylic acid groups (broad SMARTS) is 1. The number of carboxylic acids is 1. The second kappa shape index (κ2) is 4.45. The van der Waals surface area contributed by atoms with Crippen molar-refractivity contribution in [1.29, 1.82) is 0 Å². The molecule has 1 heterocycles. The van der Waals surface area contributed by atoms with E-state index in [1.54, 1.807) is 24.5 Å². The molecule has 2 aromatic rings. The molecule has 1 aromatic heterocycles. The summed E-state index contributed by atoms with van der Waals surface area (Å²) < 4.78 is 5.17. The zero-order valence-electron chi connectivity index (χ0n) is 8.64. The van der Waals surface area contributed by atoms with Crippen molar-refractivity contribution >= 4 is 17.7 Å². The second-order valence-corrected chi connectivity index (χ2v) is 4.33. The van der Waals surface area contributed by atoms with Gasteiger partial charge in [0.15, 0.2) is 0 Å². The monoisotopic (exact) mass is 234 g/mol. The molecular weight excluding hydrogens is 224 g/mol. The molecule has 1 N–H and O–H groups in total. The standard InChI is InChI=1S/C12H10O3S/c1-8-10(6-7-15-8)16-11-5-3-2-4-9(11)12(13)14/h2-7H,1H3,(H,13,14). The Morgan fingerprint density at radius 1 is 1.25 bits per heavy atom. The third kappa shape index (κ3) is 2.12. The molecular formula is C12H10O3S. The molecule has 3 nitrogen and oxygen atoms in total. The molecule has 1 aromatic carbocycles. The molecule has 0 radical (unpaired) electrons. The van der Waals surface area contributed by atoms with Crippen LogP contribution in [0.3, 0.4) is 0 Å². The van der Waals surface area contributed by atoms with Crippen molar-refractivity contribution in [3.63, 3.8) is 0 Å². The molecule has 0 saturated carbocycles. The molecule has 82 valence electrons. The van der Waals surface area contributed by atoms with Crippen molar-refractivity contribution in [3.8, 4) is 0 Å². The molecule has 0 aliphatic rings. The van der Waals surface area contributed by atoms with Gasteiger partial charge in [-0.2, -0.15) is 0 Å². The van der Waals surface area contributed by atoms with Crippen molar-refractivity contribution in [2.45, 2.75) is 16.7 Å². The van der Waals surface area contributed by atoms with Crippen molar-refractivity contribution in [2.24, 2.45) is 0 Å². The van der Waals surface area contributed by atoms with Gasteiger partial charge in [-0.3, -0.25) is 0 Å². The molecule has 0 saturated heterocycles. The molecule has 0 bridgehead atoms. The Kier molecular flexibility index (Phi) is 3.01. The van der Waals surface area contributed by atoms with Gasteiger partial charge in [-0.25, -0.2) is 4.79 Å². The Balaban J connectivity index is 2.35. The van der Waals surface area contributed by atoms with E-state index < -0.39 is 5.97 Å². The van der Waals surface area contributed by atoms with E-state index in [2.05, 4.69) is 0 Å². The zero-order chi connectivity index (χ0) is 11.5. The molecule has 0 aliphatic carbocycles. The highest BCUT2D eigenvalue weighted by Crippen LogP contribution is 2.32. The fraction of sp³-hybridized carbons (Fsp3) is 0.0833. The van der Waals surface area contributed by atoms with Crippen LogP contribution in [0.25, 0.3) is 0 Å². The molecule has 0 spiro atoms. The highest BCUT2D eigenvalue weighted by atomic mass is 32.2. The van der Waals surface area contributed by atoms with Gasteiger partial charge in [0.1, 0.15) is 5.76 Å². The first kappa shape index (κ1) is 10.8. The van der Waals surface area contributed by atoms with Crippen LogP contribution in [0.5, 0.6) is 0 Å². The Bertz CT molecular complexity index is 516. The molecule has 0 amide bonds. The van der Waals surface area contributed by atoms with Crippen LogP contribution in [0.1, 0.15) is 16.1 Å². The first-order valence-electron chi connectivity index (χ1n) is 4.73. The summed E-state index contributed by atoms with van der Waals surface area (Å²) in [6.45, 7) is 1.85. The van der Waals surface area contributed by atoms with E-state index >= 15 is 0 Å². The number of hydrogen-bond acceptors (Lipinski definition) is 3. The number of rotatable bonds is 3. The van der Waals surface area contributed by atoms with E-state index in [1.807, 2.05) is 19.1 Å². The lowest BCUT2D eigenvalue weighted by Crippen LogP contribution is -1.97. The van der Waals surface area contributed by atoms with Crippen LogP contribution in [0.4, 0.5) is 0 Å². The highest BCUT2D eigenvalue weighted by Gasteiger charge is 2.11. The fourth-order valence-corrected chi connectivity index (χ4v) is 2.29. The van der Waals surface area contributed by atoms with Crippen LogP contribution in [0.2, 0.25) is 0 Å². The minimum atomic E-state index is -0.913. The van der Waals surface area contributed by atoms with Crippen LogP contribution in [0, 0.1) is 6.92 Å². The van der Waals surface area contributed by atoms with Gasteiger partial charge in [0, 0.05) is 4.90 Å². The summed E-state index contributed by atoms with van der Waals surface area (Å²) in [6, 6.07) is 8.76. The Hall–Kier alpha value is -1.68. The average Bonchev–Trinajstić information content (AvgIpc) is 2.65. The topological polar surface area (TPSA) is 50.4 Å². The third-order valence-corrected chi connectivity index (χ3v) is 3.37. The van der Waals surface area contributed by atoms with E-state index in [9.17, 15) is 4.79 Å². The normalized spacial score (nSPS) is 10.3. The van der Waals surface area contributed by atoms with Crippen molar-refractivity contribution < 1.29 is 14.3 Å². The first-order valence-corrected chi connectivity index (χ1v) is 5.54. The molecule has 16 heavy (non-hydrogen) atoms. The summed E-state index contributed by atoms with van der Waals surface area (Å²) in [6.07, 6.45) is 1.60. The Morgan fingerprint density at radius 2 is 2.00 bits per heavy atom. The van der Waals surface area contributed by atoms with Gasteiger partial charge in [-0.15, -0.1) is 0 Å². The Labute approximate surface area is 97.1 Å². The van der Waals surface area contributed by atoms with Gasteiger partial charge in [0.2, 0.25) is 0 Å². The molecule has 0 unspecified atom stereocenters. The maximum absolute atomic E-state index is 11.0. The highest BCUT2D eigenvalue weighted by molar-refractivity contribution is 7.99. The van der Waals surface area contributed by atoms with Gasteiger partial charge < -0.3 is 9.52 Å². The van der Waals surface area contributed by atoms with Crippen LogP contribution < -0.4 is 0 Å². The van der Waals surface area contributed by atoms with E-state index in [0.717, 1.165) is 15.6 Å². The second-order valence-electron chi connectivity index (χ2n) is 3.24. The van der Waals surface area contributed by atoms with Crippen LogP contribution in [-0.2, 0) is 0 Å². The minimum absolute atomic E-state index is 0.313. The van der Waals surface area contributed by atoms with Gasteiger partial charge in [0.25, 0.3) is 0 Å². The molecule has 0 fully saturated rings. The maximum atomic E-state index is 11.0. The van der Waals surface area contributed by atoms with Gasteiger partial charge in [-0.05, 0) is 25.1 Å². The van der Waals surface area contributed by atoms with Gasteiger partial charge in [0.05, 0.1) is 16.7 Å². The molecule has 4 heteroatoms. The SMILES string of the molecule is Cc1occc1Sc1ccccc1C(=O)O. The predicted octanol–water partition coefficient (Wildman–Crippen LogP) is 3.44. The Morgan fingerprint density at radius 3 is 2.62 bits per heavy atom. The summed E-state index contributed by atoms with van der Waals surface area (Å²) in [4.78, 5) is 12.7. The quantitative estimate of drug-likeness (QED) is 0.883. The van der Waals surface area contributed by atoms with Gasteiger partial charge in [-0.1, -0.05) is 23.9 Å². The number of aryl methyl sites for hydroxylation is 1. The van der Waals surface area contributed by atoms with E-state index in [0.29, 0.717) is 5.56 Å². The molecule has 2 rings (SSSR count). The van der Waals surface area contributed by atoms with E-state index in [1.165, 1.54) is 11.8 Å². The van der Waals surface area contributed by atoms with E-state index in [-0.39, 0.29) is 0 Å². The summed E-state index contributed by atoms with van der Waals surface area (Å²) in [5.74, 6) is -0.116. The summed E-state index contributed by atoms with van der Waals surface area (Å²) in [5, 5.41) is 9.03. The summed E-state index contributed by atoms with van der Waals surface area (Å²) in [5.41, 5.74) is 0.313. The number of benzene rings is 1. The van der Waals surface area contributed by atoms with Crippen molar-refractivity contribution in [3.05, 3.63) is 47.9 Å². The molecule has 0 atom stereocenters. The van der Waals surface area contributed by atoms with Gasteiger partial charge >= 0.3 is 5.97 Å². The molecule has 0 aliphatic heterocycles. The summed E-state index contributed by atoms with van der Waals surface area (Å²) in [7, 11) is 0. The third-order valence-electron chi connectivity index (χ3n) is 2.15. The van der Waals surface area contributed by atoms with Crippen LogP contribution in [0.15, 0.2) is 50.8 Å². The number of furan rings is 1. The lowest BCUT2D eigenvalue weighted by molar-refractivity contribution is 0.0693. The van der Waals surface area contributed by atoms with Crippen molar-refractivity contribution in [2.75, 3.05) is 0 Å². The largest absolute Gasteiger partial charge is 0.478 e. The predicted molar refractivity (Wildman–Crippen MR) is 61.0 cm³/mol. The van der Waals surface area contributed by atoms with Crippen LogP contribution >= 0.6 is 11.8 Å². The number of hydrogen-bond donors (Lipinski definition) is 1. The fourth-order valence-electron chi connectivity index (χ4n) is 1.33. The van der Waals surface area contributed by atoms with Crippen molar-refractivity contribution in [1.82, 2.24) is 0 Å².